The molecule has 0 radical (unpaired) electrons. The summed E-state index contributed by atoms with van der Waals surface area (Å²) < 4.78 is 12.7. The number of phenolic OH excluding ortho intramolecular Hbond substituents is 1. The van der Waals surface area contributed by atoms with Crippen LogP contribution >= 0.6 is 11.8 Å². The summed E-state index contributed by atoms with van der Waals surface area (Å²) in [6.45, 7) is 0. The predicted molar refractivity (Wildman–Crippen MR) is 45.9 cm³/mol. The number of hydrogen-bond donors (Lipinski definition) is 1. The van der Waals surface area contributed by atoms with Gasteiger partial charge >= 0.3 is 0 Å². The van der Waals surface area contributed by atoms with Crippen LogP contribution in [0, 0.1) is 5.82 Å². The van der Waals surface area contributed by atoms with Crippen molar-refractivity contribution in [2.75, 3.05) is 6.26 Å². The molecule has 0 aliphatic carbocycles. The molecule has 0 amide bonds. The topological polar surface area (TPSA) is 37.3 Å². The van der Waals surface area contributed by atoms with Crippen molar-refractivity contribution < 1.29 is 14.3 Å². The Balaban J connectivity index is 3.16. The van der Waals surface area contributed by atoms with Crippen LogP contribution in [-0.4, -0.2) is 16.5 Å². The third-order valence-corrected chi connectivity index (χ3v) is 1.98. The van der Waals surface area contributed by atoms with Crippen LogP contribution in [0.3, 0.4) is 0 Å². The van der Waals surface area contributed by atoms with E-state index in [0.29, 0.717) is 0 Å². The molecule has 0 saturated heterocycles. The van der Waals surface area contributed by atoms with Crippen LogP contribution in [0.4, 0.5) is 4.39 Å². The van der Waals surface area contributed by atoms with Crippen LogP contribution in [0.1, 0.15) is 10.4 Å². The van der Waals surface area contributed by atoms with E-state index in [2.05, 4.69) is 0 Å². The van der Waals surface area contributed by atoms with Gasteiger partial charge in [0.2, 0.25) is 5.12 Å². The van der Waals surface area contributed by atoms with E-state index < -0.39 is 11.6 Å². The van der Waals surface area contributed by atoms with Gasteiger partial charge in [-0.15, -0.1) is 0 Å². The SMILES string of the molecule is CSC(=O)c1cccc(F)c1O. The lowest BCUT2D eigenvalue weighted by Crippen LogP contribution is -1.93. The lowest BCUT2D eigenvalue weighted by Gasteiger charge is -2.00. The van der Waals surface area contributed by atoms with Gasteiger partial charge in [-0.25, -0.2) is 4.39 Å². The number of phenols is 1. The molecule has 0 aliphatic rings. The van der Waals surface area contributed by atoms with E-state index in [4.69, 9.17) is 5.11 Å². The molecule has 0 spiro atoms. The first kappa shape index (κ1) is 9.06. The number of carbonyl (C=O) groups is 1. The Hall–Kier alpha value is -1.03. The third kappa shape index (κ3) is 1.58. The normalized spacial score (nSPS) is 9.83. The van der Waals surface area contributed by atoms with E-state index in [9.17, 15) is 9.18 Å². The van der Waals surface area contributed by atoms with Crippen LogP contribution < -0.4 is 0 Å². The second-order valence-electron chi connectivity index (χ2n) is 2.13. The maximum Gasteiger partial charge on any atom is 0.222 e. The number of para-hydroxylation sites is 1. The Morgan fingerprint density at radius 2 is 2.25 bits per heavy atom. The second-order valence-corrected chi connectivity index (χ2v) is 2.91. The summed E-state index contributed by atoms with van der Waals surface area (Å²) >= 11 is 0.935. The number of halogens is 1. The highest BCUT2D eigenvalue weighted by Gasteiger charge is 2.12. The molecule has 0 heterocycles. The van der Waals surface area contributed by atoms with E-state index in [0.717, 1.165) is 17.8 Å². The van der Waals surface area contributed by atoms with Gasteiger partial charge in [-0.3, -0.25) is 4.79 Å². The van der Waals surface area contributed by atoms with Gasteiger partial charge in [0.15, 0.2) is 11.6 Å². The molecule has 0 aliphatic heterocycles. The van der Waals surface area contributed by atoms with Crippen LogP contribution in [-0.2, 0) is 0 Å². The summed E-state index contributed by atoms with van der Waals surface area (Å²) in [4.78, 5) is 11.0. The maximum absolute atomic E-state index is 12.7. The number of thioether (sulfide) groups is 1. The van der Waals surface area contributed by atoms with Crippen molar-refractivity contribution in [2.45, 2.75) is 0 Å². The molecule has 0 bridgehead atoms. The Morgan fingerprint density at radius 1 is 1.58 bits per heavy atom. The molecule has 64 valence electrons. The standard InChI is InChI=1S/C8H7FO2S/c1-12-8(11)5-3-2-4-6(9)7(5)10/h2-4,10H,1H3. The van der Waals surface area contributed by atoms with Crippen molar-refractivity contribution in [2.24, 2.45) is 0 Å². The summed E-state index contributed by atoms with van der Waals surface area (Å²) in [5, 5.41) is 8.75. The fourth-order valence-electron chi connectivity index (χ4n) is 0.790. The minimum absolute atomic E-state index is 0.0162. The molecule has 4 heteroatoms. The first-order chi connectivity index (χ1) is 5.66. The van der Waals surface area contributed by atoms with Gasteiger partial charge in [-0.05, 0) is 18.4 Å². The molecule has 1 rings (SSSR count). The molecule has 1 aromatic carbocycles. The number of benzene rings is 1. The summed E-state index contributed by atoms with van der Waals surface area (Å²) in [6.07, 6.45) is 1.58. The smallest absolute Gasteiger partial charge is 0.222 e. The Bertz CT molecular complexity index is 312. The molecule has 0 unspecified atom stereocenters. The number of rotatable bonds is 1. The molecule has 0 saturated carbocycles. The van der Waals surface area contributed by atoms with Gasteiger partial charge in [0.05, 0.1) is 5.56 Å². The molecule has 2 nitrogen and oxygen atoms in total. The van der Waals surface area contributed by atoms with Gasteiger partial charge in [0.1, 0.15) is 0 Å². The molecule has 0 atom stereocenters. The van der Waals surface area contributed by atoms with Crippen molar-refractivity contribution in [3.63, 3.8) is 0 Å². The lowest BCUT2D eigenvalue weighted by molar-refractivity contribution is 0.108. The molecule has 0 aromatic heterocycles. The quantitative estimate of drug-likeness (QED) is 0.729. The van der Waals surface area contributed by atoms with E-state index >= 15 is 0 Å². The maximum atomic E-state index is 12.7. The van der Waals surface area contributed by atoms with E-state index in [1.165, 1.54) is 12.1 Å². The summed E-state index contributed by atoms with van der Waals surface area (Å²) in [7, 11) is 0. The zero-order valence-corrected chi connectivity index (χ0v) is 7.19. The number of aromatic hydroxyl groups is 1. The molecular formula is C8H7FO2S. The Kier molecular flexibility index (Phi) is 2.70. The lowest BCUT2D eigenvalue weighted by atomic mass is 10.2. The average Bonchev–Trinajstić information content (AvgIpc) is 2.08. The van der Waals surface area contributed by atoms with E-state index in [-0.39, 0.29) is 10.7 Å². The van der Waals surface area contributed by atoms with Crippen molar-refractivity contribution in [3.8, 4) is 5.75 Å². The Morgan fingerprint density at radius 3 is 2.83 bits per heavy atom. The number of carbonyl (C=O) groups excluding carboxylic acids is 1. The highest BCUT2D eigenvalue weighted by Crippen LogP contribution is 2.23. The zero-order valence-electron chi connectivity index (χ0n) is 6.37. The van der Waals surface area contributed by atoms with Crippen molar-refractivity contribution in [1.82, 2.24) is 0 Å². The van der Waals surface area contributed by atoms with Crippen LogP contribution in [0.2, 0.25) is 0 Å². The van der Waals surface area contributed by atoms with Gasteiger partial charge in [-0.1, -0.05) is 17.8 Å². The van der Waals surface area contributed by atoms with Gasteiger partial charge in [-0.2, -0.15) is 0 Å². The monoisotopic (exact) mass is 186 g/mol. The van der Waals surface area contributed by atoms with Gasteiger partial charge in [0.25, 0.3) is 0 Å². The van der Waals surface area contributed by atoms with Crippen LogP contribution in [0.15, 0.2) is 18.2 Å². The largest absolute Gasteiger partial charge is 0.504 e. The van der Waals surface area contributed by atoms with Crippen LogP contribution in [0.25, 0.3) is 0 Å². The minimum Gasteiger partial charge on any atom is -0.504 e. The molecule has 1 aromatic rings. The van der Waals surface area contributed by atoms with Gasteiger partial charge < -0.3 is 5.11 Å². The zero-order chi connectivity index (χ0) is 9.14. The van der Waals surface area contributed by atoms with Gasteiger partial charge in [0, 0.05) is 0 Å². The minimum atomic E-state index is -0.769. The highest BCUT2D eigenvalue weighted by molar-refractivity contribution is 8.13. The fraction of sp³-hybridized carbons (Fsp3) is 0.125. The predicted octanol–water partition coefficient (Wildman–Crippen LogP) is 2.03. The first-order valence-electron chi connectivity index (χ1n) is 3.22. The molecule has 12 heavy (non-hydrogen) atoms. The Labute approximate surface area is 73.4 Å². The third-order valence-electron chi connectivity index (χ3n) is 1.39. The fourth-order valence-corrected chi connectivity index (χ4v) is 1.17. The second kappa shape index (κ2) is 3.58. The van der Waals surface area contributed by atoms with Crippen molar-refractivity contribution in [1.29, 1.82) is 0 Å². The van der Waals surface area contributed by atoms with E-state index in [1.54, 1.807) is 6.26 Å². The number of hydrogen-bond acceptors (Lipinski definition) is 3. The van der Waals surface area contributed by atoms with Crippen molar-refractivity contribution in [3.05, 3.63) is 29.6 Å². The molecular weight excluding hydrogens is 179 g/mol. The molecule has 0 fully saturated rings. The van der Waals surface area contributed by atoms with Crippen molar-refractivity contribution >= 4 is 16.9 Å². The summed E-state index contributed by atoms with van der Waals surface area (Å²) in [6, 6.07) is 3.88. The summed E-state index contributed by atoms with van der Waals surface area (Å²) in [5.74, 6) is -1.34. The molecule has 1 N–H and O–H groups in total. The average molecular weight is 186 g/mol. The highest BCUT2D eigenvalue weighted by atomic mass is 32.2. The van der Waals surface area contributed by atoms with E-state index in [1.807, 2.05) is 0 Å². The van der Waals surface area contributed by atoms with Crippen LogP contribution in [0.5, 0.6) is 5.75 Å². The summed E-state index contributed by atoms with van der Waals surface area (Å²) in [5.41, 5.74) is 0.0162. The first-order valence-corrected chi connectivity index (χ1v) is 4.45.